The molecule has 2 bridgehead atoms. The molecule has 4 heteroatoms. The van der Waals surface area contributed by atoms with Crippen LogP contribution in [0.2, 0.25) is 0 Å². The first-order chi connectivity index (χ1) is 11.4. The van der Waals surface area contributed by atoms with Gasteiger partial charge >= 0.3 is 0 Å². The monoisotopic (exact) mass is 363 g/mol. The third-order valence-electron chi connectivity index (χ3n) is 7.92. The molecule has 0 amide bonds. The van der Waals surface area contributed by atoms with Crippen molar-refractivity contribution in [3.63, 3.8) is 0 Å². The van der Waals surface area contributed by atoms with Crippen LogP contribution in [0.25, 0.3) is 0 Å². The van der Waals surface area contributed by atoms with Crippen molar-refractivity contribution < 1.29 is 8.42 Å². The molecule has 0 spiro atoms. The van der Waals surface area contributed by atoms with Crippen LogP contribution in [-0.2, 0) is 15.4 Å². The van der Waals surface area contributed by atoms with E-state index in [1.807, 2.05) is 12.1 Å². The molecular weight excluding hydrogens is 330 g/mol. The van der Waals surface area contributed by atoms with Crippen LogP contribution >= 0.6 is 0 Å². The minimum atomic E-state index is -3.47. The molecule has 2 aliphatic rings. The van der Waals surface area contributed by atoms with Gasteiger partial charge in [-0.25, -0.2) is 13.1 Å². The fourth-order valence-corrected chi connectivity index (χ4v) is 6.29. The van der Waals surface area contributed by atoms with Crippen LogP contribution in [0.5, 0.6) is 0 Å². The lowest BCUT2D eigenvalue weighted by Crippen LogP contribution is -2.46. The lowest BCUT2D eigenvalue weighted by atomic mass is 9.69. The third kappa shape index (κ3) is 2.86. The average Bonchev–Trinajstić information content (AvgIpc) is 2.88. The van der Waals surface area contributed by atoms with E-state index in [2.05, 4.69) is 46.3 Å². The number of benzene rings is 1. The molecule has 25 heavy (non-hydrogen) atoms. The van der Waals surface area contributed by atoms with Crippen LogP contribution < -0.4 is 4.72 Å². The molecule has 3 unspecified atom stereocenters. The summed E-state index contributed by atoms with van der Waals surface area (Å²) in [5.41, 5.74) is 1.50. The van der Waals surface area contributed by atoms with E-state index < -0.39 is 10.0 Å². The fraction of sp³-hybridized carbons (Fsp3) is 0.714. The number of sulfonamides is 1. The molecule has 0 heterocycles. The Balaban J connectivity index is 1.82. The second-order valence-corrected chi connectivity index (χ2v) is 11.3. The zero-order valence-corrected chi connectivity index (χ0v) is 17.3. The van der Waals surface area contributed by atoms with Gasteiger partial charge in [0.1, 0.15) is 0 Å². The van der Waals surface area contributed by atoms with Gasteiger partial charge in [0, 0.05) is 6.04 Å². The molecule has 1 N–H and O–H groups in total. The summed E-state index contributed by atoms with van der Waals surface area (Å²) in [6.07, 6.45) is 4.32. The predicted octanol–water partition coefficient (Wildman–Crippen LogP) is 4.87. The molecule has 1 aromatic carbocycles. The van der Waals surface area contributed by atoms with E-state index >= 15 is 0 Å². The molecular formula is C21H33NO2S. The second-order valence-electron chi connectivity index (χ2n) is 9.55. The van der Waals surface area contributed by atoms with Crippen molar-refractivity contribution in [3.05, 3.63) is 29.8 Å². The Morgan fingerprint density at radius 3 is 2.20 bits per heavy atom. The van der Waals surface area contributed by atoms with Gasteiger partial charge in [-0.15, -0.1) is 0 Å². The van der Waals surface area contributed by atoms with Gasteiger partial charge in [-0.2, -0.15) is 0 Å². The maximum absolute atomic E-state index is 12.9. The van der Waals surface area contributed by atoms with Crippen molar-refractivity contribution in [3.8, 4) is 0 Å². The molecule has 2 aliphatic carbocycles. The van der Waals surface area contributed by atoms with E-state index in [-0.39, 0.29) is 22.3 Å². The maximum Gasteiger partial charge on any atom is 0.240 e. The maximum atomic E-state index is 12.9. The highest BCUT2D eigenvalue weighted by Gasteiger charge is 2.61. The molecule has 3 rings (SSSR count). The fourth-order valence-electron chi connectivity index (χ4n) is 4.93. The SMILES string of the molecule is CCC(C)(C)c1ccc(S(=O)(=O)NC2CC3CCC2(C)C3(C)C)cc1. The highest BCUT2D eigenvalue weighted by Crippen LogP contribution is 2.65. The molecule has 0 radical (unpaired) electrons. The van der Waals surface area contributed by atoms with Crippen molar-refractivity contribution in [2.45, 2.75) is 83.6 Å². The van der Waals surface area contributed by atoms with E-state index in [0.717, 1.165) is 19.3 Å². The Morgan fingerprint density at radius 1 is 1.16 bits per heavy atom. The Bertz CT molecular complexity index is 749. The van der Waals surface area contributed by atoms with Crippen LogP contribution in [0.3, 0.4) is 0 Å². The van der Waals surface area contributed by atoms with Crippen LogP contribution in [-0.4, -0.2) is 14.5 Å². The van der Waals surface area contributed by atoms with E-state index in [1.165, 1.54) is 12.0 Å². The highest BCUT2D eigenvalue weighted by molar-refractivity contribution is 7.89. The van der Waals surface area contributed by atoms with E-state index in [0.29, 0.717) is 10.8 Å². The molecule has 0 aromatic heterocycles. The zero-order chi connectivity index (χ0) is 18.7. The van der Waals surface area contributed by atoms with Gasteiger partial charge in [-0.1, -0.05) is 53.7 Å². The van der Waals surface area contributed by atoms with Crippen LogP contribution in [0.4, 0.5) is 0 Å². The first-order valence-corrected chi connectivity index (χ1v) is 11.1. The smallest absolute Gasteiger partial charge is 0.207 e. The summed E-state index contributed by atoms with van der Waals surface area (Å²) in [5.74, 6) is 0.623. The zero-order valence-electron chi connectivity index (χ0n) is 16.5. The van der Waals surface area contributed by atoms with Crippen molar-refractivity contribution in [1.82, 2.24) is 4.72 Å². The summed E-state index contributed by atoms with van der Waals surface area (Å²) in [6.45, 7) is 13.4. The van der Waals surface area contributed by atoms with Crippen molar-refractivity contribution in [2.24, 2.45) is 16.7 Å². The summed E-state index contributed by atoms with van der Waals surface area (Å²) in [7, 11) is -3.47. The van der Waals surface area contributed by atoms with Gasteiger partial charge in [0.05, 0.1) is 4.90 Å². The normalized spacial score (nSPS) is 31.4. The lowest BCUT2D eigenvalue weighted by molar-refractivity contribution is 0.130. The standard InChI is InChI=1S/C21H33NO2S/c1-7-19(2,3)15-8-10-17(11-9-15)25(23,24)22-18-14-16-12-13-21(18,6)20(16,4)5/h8-11,16,18,22H,7,12-14H2,1-6H3. The van der Waals surface area contributed by atoms with Gasteiger partial charge in [0.2, 0.25) is 10.0 Å². The average molecular weight is 364 g/mol. The minimum absolute atomic E-state index is 0.0398. The first-order valence-electron chi connectivity index (χ1n) is 9.57. The van der Waals surface area contributed by atoms with E-state index in [1.54, 1.807) is 12.1 Å². The Kier molecular flexibility index (Phi) is 4.40. The Hall–Kier alpha value is -0.870. The summed E-state index contributed by atoms with van der Waals surface area (Å²) < 4.78 is 28.9. The molecule has 2 fully saturated rings. The van der Waals surface area contributed by atoms with Gasteiger partial charge < -0.3 is 0 Å². The third-order valence-corrected chi connectivity index (χ3v) is 9.41. The van der Waals surface area contributed by atoms with Crippen LogP contribution in [0, 0.1) is 16.7 Å². The minimum Gasteiger partial charge on any atom is -0.207 e. The van der Waals surface area contributed by atoms with E-state index in [9.17, 15) is 8.42 Å². The van der Waals surface area contributed by atoms with Gasteiger partial charge in [-0.3, -0.25) is 0 Å². The second kappa shape index (κ2) is 5.82. The molecule has 3 atom stereocenters. The van der Waals surface area contributed by atoms with Crippen LogP contribution in [0.15, 0.2) is 29.2 Å². The molecule has 3 nitrogen and oxygen atoms in total. The number of nitrogens with one attached hydrogen (secondary N) is 1. The summed E-state index contributed by atoms with van der Waals surface area (Å²) >= 11 is 0. The largest absolute Gasteiger partial charge is 0.240 e. The van der Waals surface area contributed by atoms with Gasteiger partial charge in [0.25, 0.3) is 0 Å². The van der Waals surface area contributed by atoms with Gasteiger partial charge in [0.15, 0.2) is 0 Å². The van der Waals surface area contributed by atoms with E-state index in [4.69, 9.17) is 0 Å². The molecule has 140 valence electrons. The Labute approximate surface area is 153 Å². The topological polar surface area (TPSA) is 46.2 Å². The van der Waals surface area contributed by atoms with Crippen LogP contribution in [0.1, 0.15) is 72.8 Å². The molecule has 0 aliphatic heterocycles. The summed E-state index contributed by atoms with van der Waals surface area (Å²) in [5, 5.41) is 0. The summed E-state index contributed by atoms with van der Waals surface area (Å²) in [4.78, 5) is 0.382. The van der Waals surface area contributed by atoms with Crippen molar-refractivity contribution in [1.29, 1.82) is 0 Å². The number of hydrogen-bond acceptors (Lipinski definition) is 2. The van der Waals surface area contributed by atoms with Gasteiger partial charge in [-0.05, 0) is 65.5 Å². The molecule has 1 aromatic rings. The molecule has 2 saturated carbocycles. The predicted molar refractivity (Wildman–Crippen MR) is 103 cm³/mol. The number of fused-ring (bicyclic) bond motifs is 2. The first kappa shape index (κ1) is 18.9. The number of hydrogen-bond donors (Lipinski definition) is 1. The molecule has 0 saturated heterocycles. The van der Waals surface area contributed by atoms with Crippen molar-refractivity contribution in [2.75, 3.05) is 0 Å². The number of rotatable bonds is 5. The lowest BCUT2D eigenvalue weighted by Gasteiger charge is -2.39. The quantitative estimate of drug-likeness (QED) is 0.811. The highest BCUT2D eigenvalue weighted by atomic mass is 32.2. The summed E-state index contributed by atoms with van der Waals surface area (Å²) in [6, 6.07) is 7.48. The Morgan fingerprint density at radius 2 is 1.76 bits per heavy atom. The van der Waals surface area contributed by atoms with Crippen molar-refractivity contribution >= 4 is 10.0 Å².